The van der Waals surface area contributed by atoms with Gasteiger partial charge in [0.05, 0.1) is 17.6 Å². The van der Waals surface area contributed by atoms with E-state index in [1.54, 1.807) is 24.3 Å². The lowest BCUT2D eigenvalue weighted by Crippen LogP contribution is -2.30. The smallest absolute Gasteiger partial charge is 0.237 e. The second-order valence-corrected chi connectivity index (χ2v) is 5.91. The summed E-state index contributed by atoms with van der Waals surface area (Å²) in [4.78, 5) is 36.7. The highest BCUT2D eigenvalue weighted by Gasteiger charge is 2.39. The van der Waals surface area contributed by atoms with E-state index in [0.717, 1.165) is 11.6 Å². The van der Waals surface area contributed by atoms with Gasteiger partial charge in [0.15, 0.2) is 0 Å². The molecule has 25 heavy (non-hydrogen) atoms. The number of imide groups is 1. The predicted molar refractivity (Wildman–Crippen MR) is 91.2 cm³/mol. The minimum atomic E-state index is -1.30. The third-order valence-electron chi connectivity index (χ3n) is 4.11. The van der Waals surface area contributed by atoms with Gasteiger partial charge in [0, 0.05) is 6.42 Å². The normalized spacial score (nSPS) is 17.4. The molecule has 5 heteroatoms. The van der Waals surface area contributed by atoms with Crippen molar-refractivity contribution in [1.82, 2.24) is 0 Å². The fraction of sp³-hybridized carbons (Fsp3) is 0.150. The monoisotopic (exact) mass is 334 g/mol. The Hall–Kier alpha value is -3.21. The van der Waals surface area contributed by atoms with E-state index < -0.39 is 5.97 Å². The van der Waals surface area contributed by atoms with E-state index in [4.69, 9.17) is 0 Å². The first-order valence-corrected chi connectivity index (χ1v) is 7.94. The molecular weight excluding hydrogens is 318 g/mol. The lowest BCUT2D eigenvalue weighted by molar-refractivity contribution is -0.297. The molecular formula is C20H16NO4-. The lowest BCUT2D eigenvalue weighted by atomic mass is 9.98. The Balaban J connectivity index is 1.81. The van der Waals surface area contributed by atoms with Gasteiger partial charge >= 0.3 is 0 Å². The van der Waals surface area contributed by atoms with Crippen LogP contribution in [0.15, 0.2) is 60.7 Å². The standard InChI is InChI=1S/C20H17NO4/c22-18-13-16(11-14-5-2-1-3-6-14)20(25)21(18)17-8-4-7-15(12-17)9-10-19(23)24/h1-10,12,16H,11,13H2,(H,23,24)/p-1/b10-9+/t16-/m0/s1. The molecule has 1 heterocycles. The van der Waals surface area contributed by atoms with Crippen LogP contribution in [-0.2, 0) is 20.8 Å². The van der Waals surface area contributed by atoms with E-state index >= 15 is 0 Å². The van der Waals surface area contributed by atoms with Gasteiger partial charge in [-0.2, -0.15) is 0 Å². The highest BCUT2D eigenvalue weighted by molar-refractivity contribution is 6.21. The van der Waals surface area contributed by atoms with Crippen molar-refractivity contribution < 1.29 is 19.5 Å². The number of hydrogen-bond donors (Lipinski definition) is 0. The molecule has 126 valence electrons. The van der Waals surface area contributed by atoms with Crippen molar-refractivity contribution in [2.75, 3.05) is 4.90 Å². The topological polar surface area (TPSA) is 77.5 Å². The van der Waals surface area contributed by atoms with E-state index in [2.05, 4.69) is 0 Å². The molecule has 0 radical (unpaired) electrons. The Kier molecular flexibility index (Phi) is 4.75. The van der Waals surface area contributed by atoms with Gasteiger partial charge in [0.1, 0.15) is 0 Å². The molecule has 1 atom stereocenters. The van der Waals surface area contributed by atoms with E-state index in [1.807, 2.05) is 30.3 Å². The molecule has 3 rings (SSSR count). The van der Waals surface area contributed by atoms with Crippen LogP contribution in [0, 0.1) is 5.92 Å². The summed E-state index contributed by atoms with van der Waals surface area (Å²) in [5.74, 6) is -2.15. The van der Waals surface area contributed by atoms with Crippen LogP contribution in [0.4, 0.5) is 5.69 Å². The van der Waals surface area contributed by atoms with Gasteiger partial charge < -0.3 is 9.90 Å². The minimum absolute atomic E-state index is 0.173. The van der Waals surface area contributed by atoms with Crippen LogP contribution < -0.4 is 10.0 Å². The Labute approximate surface area is 145 Å². The number of hydrogen-bond acceptors (Lipinski definition) is 4. The SMILES string of the molecule is O=C([O-])/C=C/c1cccc(N2C(=O)C[C@H](Cc3ccccc3)C2=O)c1. The second-order valence-electron chi connectivity index (χ2n) is 5.91. The summed E-state index contributed by atoms with van der Waals surface area (Å²) in [6, 6.07) is 16.2. The van der Waals surface area contributed by atoms with E-state index in [0.29, 0.717) is 17.7 Å². The van der Waals surface area contributed by atoms with Crippen molar-refractivity contribution in [1.29, 1.82) is 0 Å². The number of amides is 2. The van der Waals surface area contributed by atoms with Crippen LogP contribution in [-0.4, -0.2) is 17.8 Å². The predicted octanol–water partition coefficient (Wildman–Crippen LogP) is 1.57. The number of aliphatic carboxylic acids is 1. The van der Waals surface area contributed by atoms with Crippen molar-refractivity contribution in [2.24, 2.45) is 5.92 Å². The first-order chi connectivity index (χ1) is 12.0. The maximum absolute atomic E-state index is 12.7. The number of carboxylic acids is 1. The van der Waals surface area contributed by atoms with E-state index in [1.165, 1.54) is 11.0 Å². The van der Waals surface area contributed by atoms with Crippen LogP contribution in [0.3, 0.4) is 0 Å². The molecule has 1 aliphatic rings. The van der Waals surface area contributed by atoms with Gasteiger partial charge in [-0.3, -0.25) is 14.5 Å². The molecule has 1 saturated heterocycles. The highest BCUT2D eigenvalue weighted by atomic mass is 16.4. The fourth-order valence-corrected chi connectivity index (χ4v) is 2.96. The van der Waals surface area contributed by atoms with Crippen molar-refractivity contribution >= 4 is 29.5 Å². The third-order valence-corrected chi connectivity index (χ3v) is 4.11. The number of carbonyl (C=O) groups excluding carboxylic acids is 3. The van der Waals surface area contributed by atoms with Crippen LogP contribution in [0.5, 0.6) is 0 Å². The summed E-state index contributed by atoms with van der Waals surface area (Å²) in [5, 5.41) is 10.5. The quantitative estimate of drug-likeness (QED) is 0.614. The number of benzene rings is 2. The fourth-order valence-electron chi connectivity index (χ4n) is 2.96. The molecule has 0 aromatic heterocycles. The third kappa shape index (κ3) is 3.83. The minimum Gasteiger partial charge on any atom is -0.545 e. The summed E-state index contributed by atoms with van der Waals surface area (Å²) in [6.45, 7) is 0. The van der Waals surface area contributed by atoms with Crippen LogP contribution in [0.25, 0.3) is 6.08 Å². The van der Waals surface area contributed by atoms with Crippen molar-refractivity contribution in [3.63, 3.8) is 0 Å². The van der Waals surface area contributed by atoms with Crippen molar-refractivity contribution in [3.05, 3.63) is 71.8 Å². The maximum atomic E-state index is 12.7. The average Bonchev–Trinajstić information content (AvgIpc) is 2.88. The largest absolute Gasteiger partial charge is 0.545 e. The zero-order chi connectivity index (χ0) is 17.8. The molecule has 2 amide bonds. The molecule has 2 aromatic rings. The second kappa shape index (κ2) is 7.13. The van der Waals surface area contributed by atoms with E-state index in [9.17, 15) is 19.5 Å². The van der Waals surface area contributed by atoms with Gasteiger partial charge in [-0.1, -0.05) is 48.5 Å². The molecule has 0 aliphatic carbocycles. The van der Waals surface area contributed by atoms with Crippen LogP contribution in [0.1, 0.15) is 17.5 Å². The van der Waals surface area contributed by atoms with Gasteiger partial charge in [-0.25, -0.2) is 0 Å². The molecule has 2 aromatic carbocycles. The first-order valence-electron chi connectivity index (χ1n) is 7.94. The summed E-state index contributed by atoms with van der Waals surface area (Å²) in [7, 11) is 0. The highest BCUT2D eigenvalue weighted by Crippen LogP contribution is 2.29. The number of carboxylic acid groups (broad SMARTS) is 1. The summed E-state index contributed by atoms with van der Waals surface area (Å²) in [5.41, 5.74) is 2.04. The molecule has 1 fully saturated rings. The lowest BCUT2D eigenvalue weighted by Gasteiger charge is -2.15. The zero-order valence-corrected chi connectivity index (χ0v) is 13.4. The Morgan fingerprint density at radius 3 is 2.60 bits per heavy atom. The van der Waals surface area contributed by atoms with Crippen molar-refractivity contribution in [3.8, 4) is 0 Å². The average molecular weight is 334 g/mol. The molecule has 0 N–H and O–H groups in total. The number of carbonyl (C=O) groups is 3. The Morgan fingerprint density at radius 2 is 1.88 bits per heavy atom. The Bertz CT molecular complexity index is 842. The van der Waals surface area contributed by atoms with Gasteiger partial charge in [-0.15, -0.1) is 0 Å². The zero-order valence-electron chi connectivity index (χ0n) is 13.4. The summed E-state index contributed by atoms with van der Waals surface area (Å²) >= 11 is 0. The molecule has 1 aliphatic heterocycles. The summed E-state index contributed by atoms with van der Waals surface area (Å²) < 4.78 is 0. The summed E-state index contributed by atoms with van der Waals surface area (Å²) in [6.07, 6.45) is 2.97. The van der Waals surface area contributed by atoms with Crippen molar-refractivity contribution in [2.45, 2.75) is 12.8 Å². The molecule has 0 unspecified atom stereocenters. The van der Waals surface area contributed by atoms with E-state index in [-0.39, 0.29) is 24.2 Å². The molecule has 0 bridgehead atoms. The molecule has 0 saturated carbocycles. The Morgan fingerprint density at radius 1 is 1.12 bits per heavy atom. The van der Waals surface area contributed by atoms with Gasteiger partial charge in [0.2, 0.25) is 11.8 Å². The van der Waals surface area contributed by atoms with Gasteiger partial charge in [-0.05, 0) is 35.8 Å². The van der Waals surface area contributed by atoms with Gasteiger partial charge in [0.25, 0.3) is 0 Å². The van der Waals surface area contributed by atoms with Crippen LogP contribution >= 0.6 is 0 Å². The van der Waals surface area contributed by atoms with Crippen LogP contribution in [0.2, 0.25) is 0 Å². The number of nitrogens with zero attached hydrogens (tertiary/aromatic N) is 1. The number of rotatable bonds is 5. The molecule has 0 spiro atoms. The maximum Gasteiger partial charge on any atom is 0.237 e. The number of anilines is 1. The molecule has 5 nitrogen and oxygen atoms in total. The first kappa shape index (κ1) is 16.6.